The van der Waals surface area contributed by atoms with Gasteiger partial charge < -0.3 is 55.9 Å². The number of nitrogens with one attached hydrogen (secondary N) is 2. The van der Waals surface area contributed by atoms with Crippen LogP contribution in [0, 0.1) is 0 Å². The Morgan fingerprint density at radius 2 is 1.38 bits per heavy atom. The number of hydroxylamine groups is 1. The topological polar surface area (TPSA) is 248 Å². The van der Waals surface area contributed by atoms with Crippen LogP contribution in [0.25, 0.3) is 5.48 Å². The molecule has 0 aliphatic carbocycles. The van der Waals surface area contributed by atoms with Gasteiger partial charge in [0.1, 0.15) is 0 Å². The van der Waals surface area contributed by atoms with Crippen LogP contribution in [-0.2, 0) is 82.4 Å². The van der Waals surface area contributed by atoms with Crippen molar-refractivity contribution in [2.24, 2.45) is 5.90 Å². The van der Waals surface area contributed by atoms with Crippen molar-refractivity contribution in [2.45, 2.75) is 66.0 Å². The summed E-state index contributed by atoms with van der Waals surface area (Å²) in [5.74, 6) is 3.92. The number of nitrogen functional groups attached to an aromatic ring is 1. The number of hydrogen-bond donors (Lipinski definition) is 6. The van der Waals surface area contributed by atoms with Gasteiger partial charge >= 0.3 is 0 Å². The van der Waals surface area contributed by atoms with E-state index in [-0.39, 0.29) is 76.2 Å². The molecule has 1 heterocycles. The van der Waals surface area contributed by atoms with Crippen molar-refractivity contribution in [2.75, 3.05) is 85.3 Å². The quantitative estimate of drug-likeness (QED) is 0.0284. The average Bonchev–Trinajstić information content (AvgIpc) is 3.45. The van der Waals surface area contributed by atoms with Gasteiger partial charge in [0.05, 0.1) is 65.9 Å². The molecule has 4 amide bonds. The Labute approximate surface area is 334 Å². The molecule has 2 rings (SSSR count). The van der Waals surface area contributed by atoms with E-state index in [1.807, 2.05) is 6.92 Å². The van der Waals surface area contributed by atoms with Gasteiger partial charge in [-0.25, -0.2) is 5.90 Å². The van der Waals surface area contributed by atoms with E-state index in [9.17, 15) is 19.2 Å². The van der Waals surface area contributed by atoms with Gasteiger partial charge in [0, 0.05) is 70.3 Å². The molecule has 1 aromatic rings. The van der Waals surface area contributed by atoms with Gasteiger partial charge in [0.2, 0.25) is 12.3 Å². The Balaban J connectivity index is -0.000000332. The number of anilines is 1. The summed E-state index contributed by atoms with van der Waals surface area (Å²) in [5, 5.41) is 20.6. The number of carbonyl (C=O) groups is 4. The molecule has 8 N–H and O–H groups in total. The van der Waals surface area contributed by atoms with E-state index >= 15 is 0 Å². The number of nitrogens with zero attached hydrogens (tertiary/aromatic N) is 2. The molecular formula is C34H63N6O11Y-. The Hall–Kier alpha value is -2.42. The van der Waals surface area contributed by atoms with Crippen molar-refractivity contribution in [3.63, 3.8) is 0 Å². The van der Waals surface area contributed by atoms with Gasteiger partial charge in [-0.05, 0) is 37.5 Å². The molecule has 1 radical (unpaired) electrons. The normalized spacial score (nSPS) is 11.6. The van der Waals surface area contributed by atoms with Crippen molar-refractivity contribution in [3.05, 3.63) is 47.5 Å². The van der Waals surface area contributed by atoms with Gasteiger partial charge in [0.25, 0.3) is 11.8 Å². The molecule has 18 heteroatoms. The smallest absolute Gasteiger partial charge is 0.253 e. The van der Waals surface area contributed by atoms with Crippen molar-refractivity contribution in [1.82, 2.24) is 15.5 Å². The molecule has 0 aromatic heterocycles. The Morgan fingerprint density at radius 3 is 1.83 bits per heavy atom. The minimum absolute atomic E-state index is 0. The van der Waals surface area contributed by atoms with Gasteiger partial charge in [-0.3, -0.25) is 24.1 Å². The zero-order valence-corrected chi connectivity index (χ0v) is 34.5. The molecule has 17 nitrogen and oxygen atoms in total. The number of benzene rings is 1. The van der Waals surface area contributed by atoms with Gasteiger partial charge in [0.15, 0.2) is 0 Å². The van der Waals surface area contributed by atoms with E-state index in [2.05, 4.69) is 41.8 Å². The Kier molecular flexibility index (Phi) is 48.5. The molecule has 1 atom stereocenters. The largest absolute Gasteiger partial charge is 0.514 e. The van der Waals surface area contributed by atoms with Crippen molar-refractivity contribution in [1.29, 1.82) is 0 Å². The van der Waals surface area contributed by atoms with Crippen molar-refractivity contribution < 1.29 is 86.0 Å². The summed E-state index contributed by atoms with van der Waals surface area (Å²) in [6.07, 6.45) is 6.83. The predicted octanol–water partition coefficient (Wildman–Crippen LogP) is 1.37. The number of aliphatic hydroxyl groups is 2. The fourth-order valence-corrected chi connectivity index (χ4v) is 3.38. The van der Waals surface area contributed by atoms with E-state index < -0.39 is 0 Å². The van der Waals surface area contributed by atoms with Gasteiger partial charge in [-0.15, -0.1) is 6.54 Å². The number of carbonyl (C=O) groups excluding carboxylic acids is 4. The van der Waals surface area contributed by atoms with Crippen LogP contribution < -0.4 is 22.3 Å². The molecule has 0 unspecified atom stereocenters. The number of rotatable bonds is 24. The molecular weight excluding hydrogens is 757 g/mol. The van der Waals surface area contributed by atoms with Crippen LogP contribution in [0.2, 0.25) is 0 Å². The second kappa shape index (κ2) is 44.7. The zero-order valence-electron chi connectivity index (χ0n) is 31.6. The number of amides is 4. The first-order valence-electron chi connectivity index (χ1n) is 16.9. The third-order valence-electron chi connectivity index (χ3n) is 5.70. The maximum atomic E-state index is 11.2. The van der Waals surface area contributed by atoms with Crippen molar-refractivity contribution >= 4 is 29.8 Å². The summed E-state index contributed by atoms with van der Waals surface area (Å²) in [6, 6.07) is 7.18. The van der Waals surface area contributed by atoms with Crippen LogP contribution in [0.15, 0.2) is 36.4 Å². The van der Waals surface area contributed by atoms with E-state index in [0.29, 0.717) is 59.2 Å². The molecule has 0 saturated carbocycles. The third-order valence-corrected chi connectivity index (χ3v) is 5.70. The second-order valence-corrected chi connectivity index (χ2v) is 10.3. The SMILES string of the molecule is CCC.CCCOCCOCCOCCOCCN1C(=O)C=CC1=O.CO.C[C@H](CCC[N-]ON)NC(=O)CNC=O.Nc1ccc(CO)cc1.[Y]. The summed E-state index contributed by atoms with van der Waals surface area (Å²) in [5.41, 5.74) is 10.5. The summed E-state index contributed by atoms with van der Waals surface area (Å²) in [7, 11) is 1.00. The molecule has 1 aliphatic rings. The van der Waals surface area contributed by atoms with Crippen LogP contribution in [0.3, 0.4) is 0 Å². The fraction of sp³-hybridized carbons (Fsp3) is 0.647. The molecule has 0 saturated heterocycles. The number of nitrogens with two attached hydrogens (primary N) is 2. The monoisotopic (exact) mass is 820 g/mol. The molecule has 0 bridgehead atoms. The molecule has 1 aromatic carbocycles. The zero-order chi connectivity index (χ0) is 39.0. The molecule has 1 aliphatic heterocycles. The van der Waals surface area contributed by atoms with Gasteiger partial charge in [-0.1, -0.05) is 45.7 Å². The third kappa shape index (κ3) is 38.8. The number of imide groups is 1. The van der Waals surface area contributed by atoms with E-state index in [1.54, 1.807) is 24.3 Å². The first-order chi connectivity index (χ1) is 24.7. The van der Waals surface area contributed by atoms with Crippen LogP contribution in [0.1, 0.15) is 58.9 Å². The summed E-state index contributed by atoms with van der Waals surface area (Å²) in [6.45, 7) is 13.2. The minimum atomic E-state index is -0.287. The number of hydrogen-bond acceptors (Lipinski definition) is 13. The van der Waals surface area contributed by atoms with E-state index in [1.165, 1.54) is 18.6 Å². The van der Waals surface area contributed by atoms with Crippen LogP contribution >= 0.6 is 0 Å². The van der Waals surface area contributed by atoms with E-state index in [0.717, 1.165) is 49.1 Å². The summed E-state index contributed by atoms with van der Waals surface area (Å²) >= 11 is 0. The average molecular weight is 821 g/mol. The van der Waals surface area contributed by atoms with Crippen molar-refractivity contribution in [3.8, 4) is 0 Å². The maximum absolute atomic E-state index is 11.2. The van der Waals surface area contributed by atoms with E-state index in [4.69, 9.17) is 40.8 Å². The number of aliphatic hydroxyl groups excluding tert-OH is 2. The molecule has 0 fully saturated rings. The first kappa shape index (κ1) is 56.3. The molecule has 0 spiro atoms. The summed E-state index contributed by atoms with van der Waals surface area (Å²) in [4.78, 5) is 48.7. The van der Waals surface area contributed by atoms with Crippen LogP contribution in [-0.4, -0.2) is 125 Å². The minimum Gasteiger partial charge on any atom is -0.514 e. The fourth-order valence-electron chi connectivity index (χ4n) is 3.38. The second-order valence-electron chi connectivity index (χ2n) is 10.3. The molecule has 52 heavy (non-hydrogen) atoms. The summed E-state index contributed by atoms with van der Waals surface area (Å²) < 4.78 is 21.2. The van der Waals surface area contributed by atoms with Crippen LogP contribution in [0.4, 0.5) is 5.69 Å². The predicted molar refractivity (Wildman–Crippen MR) is 195 cm³/mol. The first-order valence-corrected chi connectivity index (χ1v) is 16.9. The number of ether oxygens (including phenoxy) is 4. The molecule has 299 valence electrons. The van der Waals surface area contributed by atoms with Crippen LogP contribution in [0.5, 0.6) is 0 Å². The van der Waals surface area contributed by atoms with Gasteiger partial charge in [-0.2, -0.15) is 0 Å². The maximum Gasteiger partial charge on any atom is 0.253 e. The Bertz CT molecular complexity index is 977. The Morgan fingerprint density at radius 1 is 0.904 bits per heavy atom. The standard InChI is InChI=1S/C15H25NO6.C8H17N4O3.C7H9NO.C3H8.CH4O.Y/c1-2-6-19-8-10-21-12-13-22-11-9-20-7-5-16-14(17)3-4-15(16)18;1-7(3-2-4-11-15-9)12-8(14)5-10-6-13;8-7-3-1-6(5-9)2-4-7;1-3-2;1-2;/h3-4H,2,5-13H2,1H3;6-7H,2-5,9H2,1H3,(H,10,13)(H,12,14);1-4,9H,5,8H2;3H2,1-2H3;2H,1H3;/q;-1;;;;/t;7-;;;;/m.1..../s1.